The molecule has 0 aromatic heterocycles. The molecule has 1 aliphatic carbocycles. The second-order valence-electron chi connectivity index (χ2n) is 6.18. The first-order valence-electron chi connectivity index (χ1n) is 14.1. The lowest BCUT2D eigenvalue weighted by atomic mass is 9.73. The van der Waals surface area contributed by atoms with Gasteiger partial charge >= 0.3 is 5.97 Å². The van der Waals surface area contributed by atoms with Crippen LogP contribution in [0.4, 0.5) is 0 Å². The van der Waals surface area contributed by atoms with Gasteiger partial charge in [-0.15, -0.1) is 0 Å². The van der Waals surface area contributed by atoms with Crippen LogP contribution in [0.25, 0.3) is 0 Å². The monoisotopic (exact) mass is 368 g/mol. The first-order valence-corrected chi connectivity index (χ1v) is 8.64. The summed E-state index contributed by atoms with van der Waals surface area (Å²) in [6, 6.07) is -3.38. The van der Waals surface area contributed by atoms with Gasteiger partial charge in [0.25, 0.3) is 0 Å². The maximum absolute atomic E-state index is 13.2. The van der Waals surface area contributed by atoms with Gasteiger partial charge in [0, 0.05) is 14.1 Å². The Balaban J connectivity index is 2.29. The van der Waals surface area contributed by atoms with Crippen LogP contribution in [0.1, 0.15) is 66.4 Å². The fourth-order valence-corrected chi connectivity index (χ4v) is 3.03. The van der Waals surface area contributed by atoms with Crippen molar-refractivity contribution in [2.75, 3.05) is 26.2 Å². The van der Waals surface area contributed by atoms with Gasteiger partial charge in [0.05, 0.1) is 13.4 Å². The first-order chi connectivity index (χ1) is 17.0. The highest BCUT2D eigenvalue weighted by molar-refractivity contribution is 5.81. The van der Waals surface area contributed by atoms with Crippen LogP contribution in [0.3, 0.4) is 0 Å². The Labute approximate surface area is 173 Å². The van der Waals surface area contributed by atoms with E-state index >= 15 is 0 Å². The summed E-state index contributed by atoms with van der Waals surface area (Å²) in [5.41, 5.74) is -3.03. The molecule has 2 rings (SSSR count). The van der Waals surface area contributed by atoms with Crippen LogP contribution in [0.15, 0.2) is 30.2 Å². The molecular weight excluding hydrogens is 326 g/mol. The van der Waals surface area contributed by atoms with E-state index in [1.54, 1.807) is 0 Å². The lowest BCUT2D eigenvalue weighted by Crippen LogP contribution is -2.45. The van der Waals surface area contributed by atoms with Crippen LogP contribution in [0, 0.1) is 17.8 Å². The van der Waals surface area contributed by atoms with Crippen molar-refractivity contribution in [1.82, 2.24) is 4.90 Å². The molecule has 26 heavy (non-hydrogen) atoms. The summed E-state index contributed by atoms with van der Waals surface area (Å²) in [7, 11) is 0. The average Bonchev–Trinajstić information content (AvgIpc) is 2.79. The number of rotatable bonds is 7. The Kier molecular flexibility index (Phi) is 3.95. The van der Waals surface area contributed by atoms with Gasteiger partial charge in [-0.05, 0) is 31.5 Å². The summed E-state index contributed by atoms with van der Waals surface area (Å²) in [5, 5.41) is 11.7. The molecule has 1 aromatic rings. The van der Waals surface area contributed by atoms with E-state index < -0.39 is 86.7 Å². The summed E-state index contributed by atoms with van der Waals surface area (Å²) in [6.45, 7) is -6.57. The van der Waals surface area contributed by atoms with E-state index in [1.165, 1.54) is 0 Å². The highest BCUT2D eigenvalue weighted by Gasteiger charge is 2.46. The lowest BCUT2D eigenvalue weighted by Gasteiger charge is -2.36. The molecule has 1 unspecified atom stereocenters. The summed E-state index contributed by atoms with van der Waals surface area (Å²) in [4.78, 5) is 14.4. The van der Waals surface area contributed by atoms with Crippen molar-refractivity contribution in [1.29, 1.82) is 0 Å². The molecule has 0 saturated heterocycles. The molecule has 142 valence electrons. The first kappa shape index (κ1) is 9.92. The van der Waals surface area contributed by atoms with Gasteiger partial charge < -0.3 is 9.84 Å². The summed E-state index contributed by atoms with van der Waals surface area (Å²) in [6.07, 6.45) is 3.01. The number of hydrogen-bond donors (Lipinski definition) is 1. The average molecular weight is 369 g/mol. The van der Waals surface area contributed by atoms with Gasteiger partial charge in [-0.25, -0.2) is 4.79 Å². The minimum atomic E-state index is -2.50. The van der Waals surface area contributed by atoms with Crippen LogP contribution >= 0.6 is 0 Å². The standard InChI is InChI=1S/C22H31NO3/c1-3-23(4-2)17-11-12-18-26-21(24)22(25,19-13-7-5-8-14-19)20-15-9-6-10-16-20/h5,7-8,13-14,20,25H,3-4,6,9-10,15-18H2,1-2H3/i1D3,2D3,5D,7D,8D,13D,14D. The van der Waals surface area contributed by atoms with Crippen molar-refractivity contribution in [3.8, 4) is 11.8 Å². The molecule has 1 aliphatic rings. The van der Waals surface area contributed by atoms with Gasteiger partial charge in [-0.2, -0.15) is 0 Å². The van der Waals surface area contributed by atoms with Crippen LogP contribution in [-0.4, -0.2) is 42.2 Å². The molecule has 0 heterocycles. The molecule has 1 fully saturated rings. The summed E-state index contributed by atoms with van der Waals surface area (Å²) in [5.74, 6) is 3.12. The zero-order valence-corrected chi connectivity index (χ0v) is 14.7. The SMILES string of the molecule is [2H]c1c([2H])c([2H])c(C(O)(C(=O)OCC#CCN(CC([2H])([2H])[2H])CC([2H])([2H])[2H])C2CCCCC2)c([2H])c1[2H]. The Morgan fingerprint density at radius 2 is 1.96 bits per heavy atom. The van der Waals surface area contributed by atoms with E-state index in [2.05, 4.69) is 11.8 Å². The Morgan fingerprint density at radius 1 is 1.27 bits per heavy atom. The van der Waals surface area contributed by atoms with Gasteiger partial charge in [0.2, 0.25) is 0 Å². The van der Waals surface area contributed by atoms with Crippen LogP contribution in [-0.2, 0) is 15.1 Å². The molecule has 1 saturated carbocycles. The van der Waals surface area contributed by atoms with Crippen LogP contribution in [0.2, 0.25) is 0 Å². The van der Waals surface area contributed by atoms with E-state index in [0.29, 0.717) is 25.7 Å². The van der Waals surface area contributed by atoms with E-state index in [-0.39, 0.29) is 6.54 Å². The number of benzene rings is 1. The second-order valence-corrected chi connectivity index (χ2v) is 6.18. The highest BCUT2D eigenvalue weighted by Crippen LogP contribution is 2.40. The number of aliphatic hydroxyl groups is 1. The fraction of sp³-hybridized carbons (Fsp3) is 0.591. The largest absolute Gasteiger partial charge is 0.450 e. The van der Waals surface area contributed by atoms with Crippen molar-refractivity contribution in [2.45, 2.75) is 51.4 Å². The van der Waals surface area contributed by atoms with Gasteiger partial charge in [0.1, 0.15) is 0 Å². The third-order valence-electron chi connectivity index (χ3n) is 4.54. The lowest BCUT2D eigenvalue weighted by molar-refractivity contribution is -0.174. The number of carbonyl (C=O) groups is 1. The predicted molar refractivity (Wildman–Crippen MR) is 103 cm³/mol. The van der Waals surface area contributed by atoms with Crippen molar-refractivity contribution in [3.05, 3.63) is 35.8 Å². The molecule has 0 bridgehead atoms. The number of carbonyl (C=O) groups excluding carboxylic acids is 1. The van der Waals surface area contributed by atoms with Crippen molar-refractivity contribution < 1.29 is 29.7 Å². The second kappa shape index (κ2) is 10.4. The van der Waals surface area contributed by atoms with E-state index in [9.17, 15) is 9.90 Å². The molecule has 0 spiro atoms. The van der Waals surface area contributed by atoms with Crippen molar-refractivity contribution in [2.24, 2.45) is 5.92 Å². The maximum atomic E-state index is 13.2. The third kappa shape index (κ3) is 5.09. The minimum Gasteiger partial charge on any atom is -0.450 e. The molecule has 1 aromatic carbocycles. The molecule has 0 radical (unpaired) electrons. The topological polar surface area (TPSA) is 49.8 Å². The predicted octanol–water partition coefficient (Wildman–Crippen LogP) is 3.34. The number of esters is 1. The van der Waals surface area contributed by atoms with Crippen LogP contribution < -0.4 is 0 Å². The quantitative estimate of drug-likeness (QED) is 0.592. The van der Waals surface area contributed by atoms with Crippen molar-refractivity contribution >= 4 is 5.97 Å². The molecular formula is C22H31NO3. The normalized spacial score (nSPS) is 24.3. The summed E-state index contributed by atoms with van der Waals surface area (Å²) < 4.78 is 89.6. The molecule has 0 aliphatic heterocycles. The van der Waals surface area contributed by atoms with E-state index in [4.69, 9.17) is 19.8 Å². The molecule has 1 atom stereocenters. The molecule has 0 amide bonds. The Hall–Kier alpha value is -1.83. The zero-order chi connectivity index (χ0) is 28.2. The molecule has 4 nitrogen and oxygen atoms in total. The molecule has 4 heteroatoms. The number of hydrogen-bond acceptors (Lipinski definition) is 4. The third-order valence-corrected chi connectivity index (χ3v) is 4.54. The maximum Gasteiger partial charge on any atom is 0.344 e. The van der Waals surface area contributed by atoms with Gasteiger partial charge in [0.15, 0.2) is 12.2 Å². The van der Waals surface area contributed by atoms with Crippen molar-refractivity contribution in [3.63, 3.8) is 0 Å². The van der Waals surface area contributed by atoms with Gasteiger partial charge in [-0.1, -0.05) is 75.0 Å². The summed E-state index contributed by atoms with van der Waals surface area (Å²) >= 11 is 0. The van der Waals surface area contributed by atoms with Gasteiger partial charge in [-0.3, -0.25) is 4.90 Å². The molecule has 1 N–H and O–H groups in total. The fourth-order valence-electron chi connectivity index (χ4n) is 3.03. The smallest absolute Gasteiger partial charge is 0.344 e. The number of nitrogens with zero attached hydrogens (tertiary/aromatic N) is 1. The van der Waals surface area contributed by atoms with E-state index in [1.807, 2.05) is 0 Å². The van der Waals surface area contributed by atoms with E-state index in [0.717, 1.165) is 11.3 Å². The Bertz CT molecular complexity index is 995. The van der Waals surface area contributed by atoms with Crippen LogP contribution in [0.5, 0.6) is 0 Å². The minimum absolute atomic E-state index is 0.218. The zero-order valence-electron chi connectivity index (χ0n) is 25.7. The Morgan fingerprint density at radius 3 is 2.62 bits per heavy atom. The number of ether oxygens (including phenoxy) is 1. The highest BCUT2D eigenvalue weighted by atomic mass is 16.5.